The summed E-state index contributed by atoms with van der Waals surface area (Å²) < 4.78 is 11.9. The molecule has 1 spiro atoms. The second-order valence-electron chi connectivity index (χ2n) is 10.5. The van der Waals surface area contributed by atoms with Crippen molar-refractivity contribution in [2.24, 2.45) is 11.8 Å². The third-order valence-corrected chi connectivity index (χ3v) is 7.85. The van der Waals surface area contributed by atoms with Crippen LogP contribution in [0, 0.1) is 11.8 Å². The number of nitrogens with zero attached hydrogens (tertiary/aromatic N) is 1. The molecule has 3 saturated heterocycles. The average Bonchev–Trinajstić information content (AvgIpc) is 3.54. The molecule has 0 saturated carbocycles. The Labute approximate surface area is 222 Å². The van der Waals surface area contributed by atoms with E-state index in [0.29, 0.717) is 36.4 Å². The molecule has 3 aliphatic heterocycles. The van der Waals surface area contributed by atoms with Crippen molar-refractivity contribution in [3.8, 4) is 5.75 Å². The van der Waals surface area contributed by atoms with Crippen molar-refractivity contribution < 1.29 is 29.0 Å². The maximum Gasteiger partial charge on any atom is 0.246 e. The number of benzene rings is 2. The van der Waals surface area contributed by atoms with E-state index in [1.54, 1.807) is 24.3 Å². The molecule has 0 aliphatic carbocycles. The molecule has 0 radical (unpaired) electrons. The number of rotatable bonds is 9. The monoisotopic (exact) mass is 521 g/mol. The van der Waals surface area contributed by atoms with Crippen LogP contribution in [0.4, 0.5) is 5.69 Å². The molecule has 9 heteroatoms. The molecule has 2 aromatic carbocycles. The van der Waals surface area contributed by atoms with Crippen LogP contribution in [0.3, 0.4) is 0 Å². The minimum atomic E-state index is -1.14. The van der Waals surface area contributed by atoms with Crippen molar-refractivity contribution in [1.29, 1.82) is 0 Å². The van der Waals surface area contributed by atoms with Crippen LogP contribution in [0.2, 0.25) is 0 Å². The largest absolute Gasteiger partial charge is 0.494 e. The number of nitrogens with one attached hydrogen (secondary N) is 2. The van der Waals surface area contributed by atoms with Gasteiger partial charge in [-0.3, -0.25) is 14.4 Å². The Balaban J connectivity index is 1.49. The van der Waals surface area contributed by atoms with Crippen molar-refractivity contribution in [3.05, 3.63) is 60.2 Å². The lowest BCUT2D eigenvalue weighted by atomic mass is 9.70. The first-order valence-electron chi connectivity index (χ1n) is 13.3. The van der Waals surface area contributed by atoms with Crippen molar-refractivity contribution in [3.63, 3.8) is 0 Å². The first-order chi connectivity index (χ1) is 18.3. The van der Waals surface area contributed by atoms with E-state index < -0.39 is 35.6 Å². The van der Waals surface area contributed by atoms with Crippen molar-refractivity contribution >= 4 is 23.4 Å². The maximum absolute atomic E-state index is 14.2. The van der Waals surface area contributed by atoms with E-state index in [1.165, 1.54) is 4.90 Å². The topological polar surface area (TPSA) is 117 Å². The number of anilines is 1. The SMILES string of the molecule is CCOc1ccc(NC(=O)[C@@H]2[C@@H]3CCC4(O3)C(C(=O)NC(C)C)N([C@H](CO)c3ccccc3)C(=O)[C@H]24)cc1. The Hall–Kier alpha value is -3.43. The van der Waals surface area contributed by atoms with Crippen molar-refractivity contribution in [2.45, 2.75) is 63.4 Å². The van der Waals surface area contributed by atoms with Gasteiger partial charge in [-0.25, -0.2) is 0 Å². The lowest BCUT2D eigenvalue weighted by molar-refractivity contribution is -0.145. The number of amides is 3. The van der Waals surface area contributed by atoms with E-state index in [9.17, 15) is 19.5 Å². The molecule has 5 rings (SSSR count). The summed E-state index contributed by atoms with van der Waals surface area (Å²) in [7, 11) is 0. The zero-order valence-corrected chi connectivity index (χ0v) is 21.9. The zero-order chi connectivity index (χ0) is 27.0. The van der Waals surface area contributed by atoms with E-state index >= 15 is 0 Å². The highest BCUT2D eigenvalue weighted by Gasteiger charge is 2.75. The molecule has 3 amide bonds. The van der Waals surface area contributed by atoms with Crippen molar-refractivity contribution in [1.82, 2.24) is 10.2 Å². The lowest BCUT2D eigenvalue weighted by Gasteiger charge is -2.37. The summed E-state index contributed by atoms with van der Waals surface area (Å²) in [4.78, 5) is 42.9. The minimum Gasteiger partial charge on any atom is -0.494 e. The Morgan fingerprint density at radius 3 is 2.47 bits per heavy atom. The molecule has 3 N–H and O–H groups in total. The third-order valence-electron chi connectivity index (χ3n) is 7.85. The van der Waals surface area contributed by atoms with Gasteiger partial charge >= 0.3 is 0 Å². The van der Waals surface area contributed by atoms with E-state index in [4.69, 9.17) is 9.47 Å². The number of aliphatic hydroxyl groups excluding tert-OH is 1. The van der Waals surface area contributed by atoms with Crippen molar-refractivity contribution in [2.75, 3.05) is 18.5 Å². The van der Waals surface area contributed by atoms with Gasteiger partial charge in [-0.1, -0.05) is 30.3 Å². The molecule has 3 fully saturated rings. The molecule has 0 aromatic heterocycles. The van der Waals surface area contributed by atoms with Crippen LogP contribution >= 0.6 is 0 Å². The minimum absolute atomic E-state index is 0.156. The number of fused-ring (bicyclic) bond motifs is 1. The fourth-order valence-electron chi connectivity index (χ4n) is 6.45. The predicted octanol–water partition coefficient (Wildman–Crippen LogP) is 2.66. The number of aliphatic hydroxyl groups is 1. The van der Waals surface area contributed by atoms with E-state index in [0.717, 1.165) is 0 Å². The van der Waals surface area contributed by atoms with Gasteiger partial charge < -0.3 is 30.1 Å². The smallest absolute Gasteiger partial charge is 0.246 e. The molecule has 2 bridgehead atoms. The van der Waals surface area contributed by atoms with Crippen LogP contribution in [0.25, 0.3) is 0 Å². The third kappa shape index (κ3) is 4.33. The highest BCUT2D eigenvalue weighted by Crippen LogP contribution is 2.59. The molecule has 38 heavy (non-hydrogen) atoms. The highest BCUT2D eigenvalue weighted by atomic mass is 16.5. The van der Waals surface area contributed by atoms with Gasteiger partial charge in [0.25, 0.3) is 0 Å². The van der Waals surface area contributed by atoms with Gasteiger partial charge in [-0.2, -0.15) is 0 Å². The van der Waals surface area contributed by atoms with Gasteiger partial charge in [0.1, 0.15) is 17.4 Å². The van der Waals surface area contributed by atoms with Crippen LogP contribution in [0.1, 0.15) is 45.2 Å². The molecular formula is C29H35N3O6. The van der Waals surface area contributed by atoms with Crippen LogP contribution in [-0.4, -0.2) is 64.7 Å². The summed E-state index contributed by atoms with van der Waals surface area (Å²) >= 11 is 0. The zero-order valence-electron chi connectivity index (χ0n) is 21.9. The van der Waals surface area contributed by atoms with Crippen LogP contribution in [0.5, 0.6) is 5.75 Å². The Bertz CT molecular complexity index is 1190. The fourth-order valence-corrected chi connectivity index (χ4v) is 6.45. The highest BCUT2D eigenvalue weighted by molar-refractivity contribution is 6.02. The number of ether oxygens (including phenoxy) is 2. The molecule has 3 aliphatic rings. The summed E-state index contributed by atoms with van der Waals surface area (Å²) in [5, 5.41) is 16.3. The molecule has 3 heterocycles. The second kappa shape index (κ2) is 10.4. The molecule has 2 unspecified atom stereocenters. The van der Waals surface area contributed by atoms with E-state index in [1.807, 2.05) is 51.1 Å². The molecule has 9 nitrogen and oxygen atoms in total. The Morgan fingerprint density at radius 1 is 1.13 bits per heavy atom. The summed E-state index contributed by atoms with van der Waals surface area (Å²) in [6, 6.07) is 14.4. The fraction of sp³-hybridized carbons (Fsp3) is 0.483. The molecule has 202 valence electrons. The van der Waals surface area contributed by atoms with Crippen LogP contribution < -0.4 is 15.4 Å². The van der Waals surface area contributed by atoms with Gasteiger partial charge in [0, 0.05) is 11.7 Å². The van der Waals surface area contributed by atoms with Gasteiger partial charge in [-0.05, 0) is 63.4 Å². The number of carbonyl (C=O) groups is 3. The van der Waals surface area contributed by atoms with Gasteiger partial charge in [0.15, 0.2) is 0 Å². The summed E-state index contributed by atoms with van der Waals surface area (Å²) in [6.07, 6.45) is 0.590. The molecule has 2 aromatic rings. The number of hydrogen-bond donors (Lipinski definition) is 3. The standard InChI is InChI=1S/C29H35N3O6/c1-4-37-20-12-10-19(11-13-20)31-26(34)23-22-14-15-29(38-22)24(23)28(36)32(25(29)27(35)30-17(2)3)21(16-33)18-8-6-5-7-9-18/h5-13,17,21-25,33H,4,14-16H2,1-3H3,(H,30,35)(H,31,34)/t21-,22+,23-,24+,25?,29?/m1/s1. The quantitative estimate of drug-likeness (QED) is 0.467. The maximum atomic E-state index is 14.2. The Kier molecular flexibility index (Phi) is 7.15. The number of carbonyl (C=O) groups excluding carboxylic acids is 3. The lowest BCUT2D eigenvalue weighted by Crippen LogP contribution is -2.57. The Morgan fingerprint density at radius 2 is 1.84 bits per heavy atom. The average molecular weight is 522 g/mol. The van der Waals surface area contributed by atoms with E-state index in [2.05, 4.69) is 10.6 Å². The van der Waals surface area contributed by atoms with Gasteiger partial charge in [0.2, 0.25) is 17.7 Å². The van der Waals surface area contributed by atoms with Crippen LogP contribution in [0.15, 0.2) is 54.6 Å². The molecular weight excluding hydrogens is 486 g/mol. The first-order valence-corrected chi connectivity index (χ1v) is 13.3. The normalized spacial score (nSPS) is 28.3. The number of likely N-dealkylation sites (tertiary alicyclic amines) is 1. The first kappa shape index (κ1) is 26.2. The predicted molar refractivity (Wildman–Crippen MR) is 140 cm³/mol. The van der Waals surface area contributed by atoms with E-state index in [-0.39, 0.29) is 30.4 Å². The summed E-state index contributed by atoms with van der Waals surface area (Å²) in [6.45, 7) is 5.79. The van der Waals surface area contributed by atoms with Gasteiger partial charge in [0.05, 0.1) is 37.2 Å². The van der Waals surface area contributed by atoms with Gasteiger partial charge in [-0.15, -0.1) is 0 Å². The number of hydrogen-bond acceptors (Lipinski definition) is 6. The second-order valence-corrected chi connectivity index (χ2v) is 10.5. The summed E-state index contributed by atoms with van der Waals surface area (Å²) in [5.41, 5.74) is 0.167. The summed E-state index contributed by atoms with van der Waals surface area (Å²) in [5.74, 6) is -1.88. The van der Waals surface area contributed by atoms with Crippen LogP contribution in [-0.2, 0) is 19.1 Å². The molecule has 6 atom stereocenters.